The summed E-state index contributed by atoms with van der Waals surface area (Å²) in [5, 5.41) is 8.47. The molecule has 1 aliphatic carbocycles. The second-order valence-corrected chi connectivity index (χ2v) is 3.95. The van der Waals surface area contributed by atoms with Gasteiger partial charge in [-0.2, -0.15) is 5.26 Å². The molecule has 0 spiro atoms. The first-order valence-electron chi connectivity index (χ1n) is 5.00. The molecule has 0 aromatic rings. The molecule has 2 bridgehead atoms. The Hall–Kier alpha value is -1.04. The van der Waals surface area contributed by atoms with Crippen molar-refractivity contribution in [2.24, 2.45) is 5.92 Å². The van der Waals surface area contributed by atoms with Crippen LogP contribution in [-0.2, 0) is 4.79 Å². The molecule has 1 saturated carbocycles. The quantitative estimate of drug-likeness (QED) is 0.639. The Balaban J connectivity index is 2.02. The summed E-state index contributed by atoms with van der Waals surface area (Å²) in [6, 6.07) is 2.55. The predicted octanol–water partition coefficient (Wildman–Crippen LogP) is 1.30. The van der Waals surface area contributed by atoms with Crippen LogP contribution in [0.1, 0.15) is 32.1 Å². The van der Waals surface area contributed by atoms with Crippen LogP contribution < -0.4 is 0 Å². The van der Waals surface area contributed by atoms with Crippen molar-refractivity contribution in [1.82, 2.24) is 4.90 Å². The molecule has 0 aromatic carbocycles. The molecule has 0 unspecified atom stereocenters. The summed E-state index contributed by atoms with van der Waals surface area (Å²) < 4.78 is 0. The van der Waals surface area contributed by atoms with Crippen molar-refractivity contribution in [1.29, 1.82) is 5.26 Å². The minimum Gasteiger partial charge on any atom is -0.338 e. The zero-order chi connectivity index (χ0) is 9.26. The van der Waals surface area contributed by atoms with E-state index in [1.54, 1.807) is 0 Å². The molecule has 0 aromatic heterocycles. The minimum atomic E-state index is 0.281. The van der Waals surface area contributed by atoms with E-state index in [1.807, 2.05) is 4.90 Å². The number of piperidine rings is 2. The molecular weight excluding hydrogens is 164 g/mol. The molecule has 3 nitrogen and oxygen atoms in total. The first-order chi connectivity index (χ1) is 6.33. The van der Waals surface area contributed by atoms with Crippen LogP contribution in [0.2, 0.25) is 0 Å². The molecule has 3 heteroatoms. The molecule has 3 fully saturated rings. The number of carbonyl (C=O) groups is 1. The molecule has 13 heavy (non-hydrogen) atoms. The second kappa shape index (κ2) is 3.37. The standard InChI is InChI=1S/C10H14N2O/c11-6-1-7-12-9-4-2-8(3-5-9)10(12)13/h8-9H,1-5,7H2. The Morgan fingerprint density at radius 1 is 1.38 bits per heavy atom. The molecule has 3 rings (SSSR count). The Morgan fingerprint density at radius 3 is 2.62 bits per heavy atom. The van der Waals surface area contributed by atoms with Crippen molar-refractivity contribution in [3.05, 3.63) is 0 Å². The highest BCUT2D eigenvalue weighted by atomic mass is 16.2. The summed E-state index contributed by atoms with van der Waals surface area (Å²) in [7, 11) is 0. The van der Waals surface area contributed by atoms with Gasteiger partial charge in [0.05, 0.1) is 12.5 Å². The van der Waals surface area contributed by atoms with Crippen LogP contribution in [0.25, 0.3) is 0 Å². The third-order valence-corrected chi connectivity index (χ3v) is 3.23. The molecule has 70 valence electrons. The summed E-state index contributed by atoms with van der Waals surface area (Å²) in [5.41, 5.74) is 0. The van der Waals surface area contributed by atoms with E-state index in [2.05, 4.69) is 6.07 Å². The highest BCUT2D eigenvalue weighted by molar-refractivity contribution is 5.80. The molecular formula is C10H14N2O. The van der Waals surface area contributed by atoms with Gasteiger partial charge in [0, 0.05) is 18.5 Å². The van der Waals surface area contributed by atoms with Gasteiger partial charge in [0.1, 0.15) is 0 Å². The van der Waals surface area contributed by atoms with E-state index in [1.165, 1.54) is 0 Å². The lowest BCUT2D eigenvalue weighted by atomic mass is 9.79. The van der Waals surface area contributed by atoms with Gasteiger partial charge in [-0.1, -0.05) is 0 Å². The summed E-state index contributed by atoms with van der Waals surface area (Å²) in [4.78, 5) is 13.6. The fourth-order valence-electron chi connectivity index (χ4n) is 2.51. The molecule has 0 atom stereocenters. The van der Waals surface area contributed by atoms with E-state index in [0.29, 0.717) is 24.9 Å². The van der Waals surface area contributed by atoms with E-state index < -0.39 is 0 Å². The maximum Gasteiger partial charge on any atom is 0.225 e. The summed E-state index contributed by atoms with van der Waals surface area (Å²) >= 11 is 0. The largest absolute Gasteiger partial charge is 0.338 e. The summed E-state index contributed by atoms with van der Waals surface area (Å²) in [6.45, 7) is 0.649. The van der Waals surface area contributed by atoms with Gasteiger partial charge in [-0.05, 0) is 25.7 Å². The normalized spacial score (nSPS) is 31.9. The van der Waals surface area contributed by atoms with Crippen LogP contribution in [0, 0.1) is 17.2 Å². The third kappa shape index (κ3) is 1.41. The molecule has 2 aliphatic heterocycles. The average molecular weight is 178 g/mol. The van der Waals surface area contributed by atoms with Crippen molar-refractivity contribution in [2.45, 2.75) is 38.1 Å². The zero-order valence-electron chi connectivity index (χ0n) is 7.70. The van der Waals surface area contributed by atoms with Gasteiger partial charge in [0.2, 0.25) is 5.91 Å². The van der Waals surface area contributed by atoms with Crippen molar-refractivity contribution in [3.8, 4) is 6.07 Å². The Kier molecular flexibility index (Phi) is 2.22. The molecule has 0 radical (unpaired) electrons. The topological polar surface area (TPSA) is 44.1 Å². The number of amides is 1. The van der Waals surface area contributed by atoms with E-state index >= 15 is 0 Å². The molecule has 2 heterocycles. The fraction of sp³-hybridized carbons (Fsp3) is 0.800. The lowest BCUT2D eigenvalue weighted by molar-refractivity contribution is -0.146. The van der Waals surface area contributed by atoms with Gasteiger partial charge in [0.25, 0.3) is 0 Å². The fourth-order valence-corrected chi connectivity index (χ4v) is 2.51. The minimum absolute atomic E-state index is 0.281. The second-order valence-electron chi connectivity index (χ2n) is 3.95. The van der Waals surface area contributed by atoms with Gasteiger partial charge in [0.15, 0.2) is 0 Å². The highest BCUT2D eigenvalue weighted by Gasteiger charge is 2.39. The number of carbonyl (C=O) groups excluding carboxylic acids is 1. The van der Waals surface area contributed by atoms with Crippen LogP contribution >= 0.6 is 0 Å². The van der Waals surface area contributed by atoms with Crippen molar-refractivity contribution < 1.29 is 4.79 Å². The molecule has 3 aliphatic rings. The number of fused-ring (bicyclic) bond motifs is 3. The van der Waals surface area contributed by atoms with Crippen LogP contribution in [0.3, 0.4) is 0 Å². The molecule has 1 amide bonds. The monoisotopic (exact) mass is 178 g/mol. The zero-order valence-corrected chi connectivity index (χ0v) is 7.70. The highest BCUT2D eigenvalue weighted by Crippen LogP contribution is 2.35. The number of hydrogen-bond donors (Lipinski definition) is 0. The predicted molar refractivity (Wildman–Crippen MR) is 47.7 cm³/mol. The molecule has 2 saturated heterocycles. The van der Waals surface area contributed by atoms with Gasteiger partial charge in [-0.3, -0.25) is 4.79 Å². The SMILES string of the molecule is N#CCCN1C(=O)C2CCC1CC2. The first-order valence-corrected chi connectivity index (χ1v) is 5.00. The number of hydrogen-bond acceptors (Lipinski definition) is 2. The van der Waals surface area contributed by atoms with Gasteiger partial charge in [-0.25, -0.2) is 0 Å². The van der Waals surface area contributed by atoms with Crippen molar-refractivity contribution in [2.75, 3.05) is 6.54 Å². The Morgan fingerprint density at radius 2 is 2.08 bits per heavy atom. The molecule has 0 N–H and O–H groups in total. The van der Waals surface area contributed by atoms with E-state index in [4.69, 9.17) is 5.26 Å². The third-order valence-electron chi connectivity index (χ3n) is 3.23. The maximum absolute atomic E-state index is 11.7. The summed E-state index contributed by atoms with van der Waals surface area (Å²) in [5.74, 6) is 0.585. The van der Waals surface area contributed by atoms with E-state index in [0.717, 1.165) is 25.7 Å². The number of nitriles is 1. The number of nitrogens with zero attached hydrogens (tertiary/aromatic N) is 2. The van der Waals surface area contributed by atoms with Crippen LogP contribution in [0.15, 0.2) is 0 Å². The van der Waals surface area contributed by atoms with Gasteiger partial charge < -0.3 is 4.90 Å². The van der Waals surface area contributed by atoms with E-state index in [-0.39, 0.29) is 5.92 Å². The van der Waals surface area contributed by atoms with Crippen molar-refractivity contribution in [3.63, 3.8) is 0 Å². The first kappa shape index (κ1) is 8.55. The van der Waals surface area contributed by atoms with Crippen molar-refractivity contribution >= 4 is 5.91 Å². The van der Waals surface area contributed by atoms with Crippen LogP contribution in [0.4, 0.5) is 0 Å². The maximum atomic E-state index is 11.7. The van der Waals surface area contributed by atoms with Gasteiger partial charge in [-0.15, -0.1) is 0 Å². The van der Waals surface area contributed by atoms with Crippen LogP contribution in [0.5, 0.6) is 0 Å². The van der Waals surface area contributed by atoms with E-state index in [9.17, 15) is 4.79 Å². The average Bonchev–Trinajstić information content (AvgIpc) is 2.18. The van der Waals surface area contributed by atoms with Crippen LogP contribution in [-0.4, -0.2) is 23.4 Å². The lowest BCUT2D eigenvalue weighted by Crippen LogP contribution is -2.52. The number of rotatable bonds is 2. The smallest absolute Gasteiger partial charge is 0.225 e. The summed E-state index contributed by atoms with van der Waals surface area (Å²) in [6.07, 6.45) is 4.94. The Labute approximate surface area is 78.3 Å². The lowest BCUT2D eigenvalue weighted by Gasteiger charge is -2.44. The Bertz CT molecular complexity index is 248. The van der Waals surface area contributed by atoms with Gasteiger partial charge >= 0.3 is 0 Å².